The van der Waals surface area contributed by atoms with Crippen LogP contribution in [0.25, 0.3) is 5.57 Å². The summed E-state index contributed by atoms with van der Waals surface area (Å²) in [5.41, 5.74) is 3.63. The lowest BCUT2D eigenvalue weighted by Crippen LogP contribution is -2.23. The first-order valence-corrected chi connectivity index (χ1v) is 9.28. The molecule has 1 aliphatic heterocycles. The highest BCUT2D eigenvalue weighted by atomic mass is 35.5. The van der Waals surface area contributed by atoms with Crippen molar-refractivity contribution in [3.8, 4) is 5.88 Å². The minimum atomic E-state index is -0.0365. The fourth-order valence-electron chi connectivity index (χ4n) is 3.01. The molecule has 1 aromatic heterocycles. The normalized spacial score (nSPS) is 17.3. The number of pyridine rings is 1. The van der Waals surface area contributed by atoms with Gasteiger partial charge in [0.25, 0.3) is 0 Å². The Hall–Kier alpha value is -2.04. The third kappa shape index (κ3) is 4.02. The quantitative estimate of drug-likeness (QED) is 0.806. The second kappa shape index (κ2) is 8.11. The molecule has 0 aliphatic carbocycles. The van der Waals surface area contributed by atoms with Gasteiger partial charge in [-0.2, -0.15) is 0 Å². The number of methoxy groups -OCH3 is 1. The van der Waals surface area contributed by atoms with Crippen molar-refractivity contribution in [3.05, 3.63) is 63.3 Å². The Labute approximate surface area is 163 Å². The van der Waals surface area contributed by atoms with Crippen LogP contribution in [0, 0.1) is 0 Å². The van der Waals surface area contributed by atoms with Crippen molar-refractivity contribution in [2.75, 3.05) is 7.11 Å². The predicted octanol–water partition coefficient (Wildman–Crippen LogP) is 4.67. The molecule has 1 amide bonds. The number of ether oxygens (including phenoxy) is 1. The first kappa shape index (κ1) is 18.7. The molecule has 4 nitrogen and oxygen atoms in total. The number of rotatable bonds is 5. The van der Waals surface area contributed by atoms with Crippen LogP contribution in [0.3, 0.4) is 0 Å². The minimum Gasteiger partial charge on any atom is -0.480 e. The zero-order valence-corrected chi connectivity index (χ0v) is 16.2. The van der Waals surface area contributed by atoms with Crippen molar-refractivity contribution >= 4 is 34.7 Å². The fourth-order valence-corrected chi connectivity index (χ4v) is 3.51. The van der Waals surface area contributed by atoms with Crippen molar-refractivity contribution < 1.29 is 9.53 Å². The van der Waals surface area contributed by atoms with E-state index in [-0.39, 0.29) is 11.9 Å². The molecule has 0 radical (unpaired) electrons. The molecule has 0 unspecified atom stereocenters. The van der Waals surface area contributed by atoms with Crippen molar-refractivity contribution in [1.82, 2.24) is 10.3 Å². The van der Waals surface area contributed by atoms with E-state index in [1.165, 1.54) is 7.11 Å². The van der Waals surface area contributed by atoms with Crippen LogP contribution in [0.5, 0.6) is 5.88 Å². The number of nitrogens with one attached hydrogen (secondary N) is 1. The van der Waals surface area contributed by atoms with Crippen molar-refractivity contribution in [2.24, 2.45) is 0 Å². The number of halogens is 2. The van der Waals surface area contributed by atoms with Gasteiger partial charge in [-0.25, -0.2) is 4.98 Å². The second-order valence-corrected chi connectivity index (χ2v) is 6.95. The summed E-state index contributed by atoms with van der Waals surface area (Å²) in [4.78, 5) is 16.1. The third-order valence-corrected chi connectivity index (χ3v) is 5.06. The molecule has 0 bridgehead atoms. The van der Waals surface area contributed by atoms with Gasteiger partial charge in [0.1, 0.15) is 5.02 Å². The standard InChI is InChI=1S/C20H20Cl2N2O2/c1-3-12-4-5-13(10-17(12)22)15(11-14-6-9-19(25)23-14)18-8-7-16(21)20(24-18)26-2/h4-5,7-8,10-11,14H,3,6,9H2,1-2H3,(H,23,25)/b15-11+/t14-/m1/s1. The van der Waals surface area contributed by atoms with E-state index in [9.17, 15) is 4.79 Å². The van der Waals surface area contributed by atoms with Gasteiger partial charge in [0.2, 0.25) is 11.8 Å². The lowest BCUT2D eigenvalue weighted by molar-refractivity contribution is -0.119. The van der Waals surface area contributed by atoms with Crippen LogP contribution >= 0.6 is 23.2 Å². The molecule has 136 valence electrons. The van der Waals surface area contributed by atoms with Gasteiger partial charge in [-0.15, -0.1) is 0 Å². The van der Waals surface area contributed by atoms with Crippen LogP contribution in [0.4, 0.5) is 0 Å². The summed E-state index contributed by atoms with van der Waals surface area (Å²) in [6.45, 7) is 2.07. The number of hydrogen-bond donors (Lipinski definition) is 1. The highest BCUT2D eigenvalue weighted by molar-refractivity contribution is 6.32. The smallest absolute Gasteiger partial charge is 0.232 e. The first-order valence-electron chi connectivity index (χ1n) is 8.52. The van der Waals surface area contributed by atoms with E-state index in [4.69, 9.17) is 27.9 Å². The lowest BCUT2D eigenvalue weighted by Gasteiger charge is -2.14. The maximum Gasteiger partial charge on any atom is 0.232 e. The monoisotopic (exact) mass is 390 g/mol. The Balaban J connectivity index is 2.09. The summed E-state index contributed by atoms with van der Waals surface area (Å²) in [6.07, 6.45) is 4.18. The van der Waals surface area contributed by atoms with E-state index in [0.717, 1.165) is 29.5 Å². The summed E-state index contributed by atoms with van der Waals surface area (Å²) in [5.74, 6) is 0.424. The number of carbonyl (C=O) groups is 1. The third-order valence-electron chi connectivity index (χ3n) is 4.42. The molecule has 3 rings (SSSR count). The maximum atomic E-state index is 11.6. The molecule has 2 heterocycles. The number of amides is 1. The Morgan fingerprint density at radius 2 is 2.12 bits per heavy atom. The highest BCUT2D eigenvalue weighted by Gasteiger charge is 2.21. The van der Waals surface area contributed by atoms with Crippen LogP contribution in [0.15, 0.2) is 36.4 Å². The highest BCUT2D eigenvalue weighted by Crippen LogP contribution is 2.31. The van der Waals surface area contributed by atoms with Gasteiger partial charge >= 0.3 is 0 Å². The molecule has 1 N–H and O–H groups in total. The van der Waals surface area contributed by atoms with Crippen LogP contribution < -0.4 is 10.1 Å². The zero-order valence-electron chi connectivity index (χ0n) is 14.7. The maximum absolute atomic E-state index is 11.6. The van der Waals surface area contributed by atoms with Crippen LogP contribution in [0.2, 0.25) is 10.0 Å². The molecule has 6 heteroatoms. The molecule has 2 aromatic rings. The largest absolute Gasteiger partial charge is 0.480 e. The van der Waals surface area contributed by atoms with E-state index in [0.29, 0.717) is 28.0 Å². The SMILES string of the molecule is CCc1ccc(/C(=C\[C@H]2CCC(=O)N2)c2ccc(Cl)c(OC)n2)cc1Cl. The summed E-state index contributed by atoms with van der Waals surface area (Å²) < 4.78 is 5.25. The minimum absolute atomic E-state index is 0.0365. The molecule has 1 saturated heterocycles. The molecule has 1 fully saturated rings. The topological polar surface area (TPSA) is 51.2 Å². The van der Waals surface area contributed by atoms with Gasteiger partial charge in [-0.1, -0.05) is 48.3 Å². The van der Waals surface area contributed by atoms with Gasteiger partial charge in [0, 0.05) is 23.1 Å². The van der Waals surface area contributed by atoms with E-state index < -0.39 is 0 Å². The molecule has 0 spiro atoms. The average Bonchev–Trinajstić information content (AvgIpc) is 3.05. The van der Waals surface area contributed by atoms with Crippen molar-refractivity contribution in [3.63, 3.8) is 0 Å². The van der Waals surface area contributed by atoms with Crippen LogP contribution in [-0.2, 0) is 11.2 Å². The molecule has 1 atom stereocenters. The molecule has 26 heavy (non-hydrogen) atoms. The molecule has 1 aliphatic rings. The van der Waals surface area contributed by atoms with Crippen molar-refractivity contribution in [2.45, 2.75) is 32.2 Å². The van der Waals surface area contributed by atoms with E-state index in [1.807, 2.05) is 30.3 Å². The number of benzene rings is 1. The Kier molecular flexibility index (Phi) is 5.84. The number of aromatic nitrogens is 1. The second-order valence-electron chi connectivity index (χ2n) is 6.14. The Morgan fingerprint density at radius 3 is 2.73 bits per heavy atom. The molecule has 0 saturated carbocycles. The Morgan fingerprint density at radius 1 is 1.31 bits per heavy atom. The van der Waals surface area contributed by atoms with Gasteiger partial charge in [0.15, 0.2) is 0 Å². The summed E-state index contributed by atoms with van der Waals surface area (Å²) in [6, 6.07) is 9.54. The fraction of sp³-hybridized carbons (Fsp3) is 0.300. The number of carbonyl (C=O) groups excluding carboxylic acids is 1. The number of aryl methyl sites for hydroxylation is 1. The van der Waals surface area contributed by atoms with E-state index >= 15 is 0 Å². The van der Waals surface area contributed by atoms with Crippen molar-refractivity contribution in [1.29, 1.82) is 0 Å². The molecular formula is C20H20Cl2N2O2. The Bertz CT molecular complexity index is 865. The molecular weight excluding hydrogens is 371 g/mol. The molecule has 1 aromatic carbocycles. The predicted molar refractivity (Wildman–Crippen MR) is 105 cm³/mol. The van der Waals surface area contributed by atoms with Gasteiger partial charge in [0.05, 0.1) is 12.8 Å². The van der Waals surface area contributed by atoms with Crippen LogP contribution in [-0.4, -0.2) is 24.0 Å². The van der Waals surface area contributed by atoms with Crippen LogP contribution in [0.1, 0.15) is 36.6 Å². The summed E-state index contributed by atoms with van der Waals surface area (Å²) in [5, 5.41) is 4.13. The number of hydrogen-bond acceptors (Lipinski definition) is 3. The van der Waals surface area contributed by atoms with E-state index in [2.05, 4.69) is 17.2 Å². The average molecular weight is 391 g/mol. The van der Waals surface area contributed by atoms with E-state index in [1.54, 1.807) is 6.07 Å². The lowest BCUT2D eigenvalue weighted by atomic mass is 9.97. The number of nitrogens with zero attached hydrogens (tertiary/aromatic N) is 1. The van der Waals surface area contributed by atoms with Gasteiger partial charge < -0.3 is 10.1 Å². The summed E-state index contributed by atoms with van der Waals surface area (Å²) in [7, 11) is 1.53. The zero-order chi connectivity index (χ0) is 18.7. The van der Waals surface area contributed by atoms with Gasteiger partial charge in [-0.3, -0.25) is 4.79 Å². The summed E-state index contributed by atoms with van der Waals surface area (Å²) >= 11 is 12.5. The first-order chi connectivity index (χ1) is 12.5. The van der Waals surface area contributed by atoms with Gasteiger partial charge in [-0.05, 0) is 42.2 Å².